The van der Waals surface area contributed by atoms with Crippen molar-refractivity contribution in [3.63, 3.8) is 0 Å². The molecule has 6 nitrogen and oxygen atoms in total. The molecule has 0 radical (unpaired) electrons. The second-order valence-corrected chi connectivity index (χ2v) is 9.38. The standard InChI is InChI=1S/C28H25N5OS/c1-18-23(15-16-24(34)26-19(2)30-32(4)20(26)3)28(33(31-18)22-12-6-5-7-13-22)35-25-14-8-10-21-11-9-17-29-27(21)25/h5-17H,1-4H3/b16-15+. The van der Waals surface area contributed by atoms with Crippen molar-refractivity contribution in [1.29, 1.82) is 0 Å². The van der Waals surface area contributed by atoms with E-state index >= 15 is 0 Å². The molecular formula is C28H25N5OS. The summed E-state index contributed by atoms with van der Waals surface area (Å²) in [5, 5.41) is 11.2. The van der Waals surface area contributed by atoms with E-state index in [1.165, 1.54) is 0 Å². The van der Waals surface area contributed by atoms with Crippen molar-refractivity contribution in [1.82, 2.24) is 24.5 Å². The Labute approximate surface area is 208 Å². The first-order valence-electron chi connectivity index (χ1n) is 11.3. The summed E-state index contributed by atoms with van der Waals surface area (Å²) in [7, 11) is 1.85. The lowest BCUT2D eigenvalue weighted by atomic mass is 10.1. The van der Waals surface area contributed by atoms with Crippen molar-refractivity contribution in [2.45, 2.75) is 30.7 Å². The number of hydrogen-bond donors (Lipinski definition) is 0. The molecule has 0 unspecified atom stereocenters. The number of aryl methyl sites for hydroxylation is 3. The summed E-state index contributed by atoms with van der Waals surface area (Å²) in [5.41, 5.74) is 5.86. The summed E-state index contributed by atoms with van der Waals surface area (Å²) in [4.78, 5) is 18.8. The second kappa shape index (κ2) is 9.35. The summed E-state index contributed by atoms with van der Waals surface area (Å²) < 4.78 is 3.68. The van der Waals surface area contributed by atoms with Crippen molar-refractivity contribution in [2.75, 3.05) is 0 Å². The third-order valence-corrected chi connectivity index (χ3v) is 7.16. The SMILES string of the molecule is Cc1nn(-c2ccccc2)c(Sc2cccc3cccnc23)c1/C=C/C(=O)c1c(C)nn(C)c1C. The number of carbonyl (C=O) groups excluding carboxylic acids is 1. The zero-order valence-corrected chi connectivity index (χ0v) is 20.9. The van der Waals surface area contributed by atoms with Crippen LogP contribution in [0, 0.1) is 20.8 Å². The number of nitrogens with zero attached hydrogens (tertiary/aromatic N) is 5. The predicted molar refractivity (Wildman–Crippen MR) is 140 cm³/mol. The number of allylic oxidation sites excluding steroid dienone is 1. The van der Waals surface area contributed by atoms with E-state index in [4.69, 9.17) is 5.10 Å². The van der Waals surface area contributed by atoms with E-state index in [9.17, 15) is 4.79 Å². The number of fused-ring (bicyclic) bond motifs is 1. The predicted octanol–water partition coefficient (Wildman–Crippen LogP) is 6.13. The summed E-state index contributed by atoms with van der Waals surface area (Å²) in [6.07, 6.45) is 5.31. The van der Waals surface area contributed by atoms with Gasteiger partial charge in [0.1, 0.15) is 5.03 Å². The lowest BCUT2D eigenvalue weighted by molar-refractivity contribution is 0.104. The van der Waals surface area contributed by atoms with E-state index in [1.807, 2.05) is 87.2 Å². The maximum Gasteiger partial charge on any atom is 0.189 e. The van der Waals surface area contributed by atoms with Crippen LogP contribution >= 0.6 is 11.8 Å². The number of para-hydroxylation sites is 2. The number of rotatable bonds is 6. The minimum absolute atomic E-state index is 0.0669. The number of benzene rings is 2. The minimum Gasteiger partial charge on any atom is -0.289 e. The van der Waals surface area contributed by atoms with E-state index in [2.05, 4.69) is 28.3 Å². The van der Waals surface area contributed by atoms with Gasteiger partial charge in [-0.25, -0.2) is 4.68 Å². The first kappa shape index (κ1) is 22.8. The fourth-order valence-corrected chi connectivity index (χ4v) is 5.37. The Morgan fingerprint density at radius 1 is 0.914 bits per heavy atom. The molecule has 0 amide bonds. The minimum atomic E-state index is -0.0669. The van der Waals surface area contributed by atoms with E-state index in [1.54, 1.807) is 22.5 Å². The van der Waals surface area contributed by atoms with Gasteiger partial charge < -0.3 is 0 Å². The van der Waals surface area contributed by atoms with Gasteiger partial charge in [0.25, 0.3) is 0 Å². The van der Waals surface area contributed by atoms with Gasteiger partial charge >= 0.3 is 0 Å². The number of hydrogen-bond acceptors (Lipinski definition) is 5. The molecule has 0 fully saturated rings. The van der Waals surface area contributed by atoms with Gasteiger partial charge in [-0.2, -0.15) is 10.2 Å². The fourth-order valence-electron chi connectivity index (χ4n) is 4.19. The van der Waals surface area contributed by atoms with Gasteiger partial charge in [-0.15, -0.1) is 0 Å². The van der Waals surface area contributed by atoms with Gasteiger partial charge in [0.05, 0.1) is 28.2 Å². The van der Waals surface area contributed by atoms with Crippen LogP contribution in [0.15, 0.2) is 82.9 Å². The maximum absolute atomic E-state index is 13.1. The van der Waals surface area contributed by atoms with Crippen LogP contribution in [0.25, 0.3) is 22.7 Å². The van der Waals surface area contributed by atoms with E-state index in [0.29, 0.717) is 5.56 Å². The van der Waals surface area contributed by atoms with Crippen LogP contribution in [0.5, 0.6) is 0 Å². The maximum atomic E-state index is 13.1. The normalized spacial score (nSPS) is 11.5. The summed E-state index contributed by atoms with van der Waals surface area (Å²) in [6.45, 7) is 5.74. The van der Waals surface area contributed by atoms with Gasteiger partial charge in [0.15, 0.2) is 5.78 Å². The number of carbonyl (C=O) groups is 1. The van der Waals surface area contributed by atoms with Gasteiger partial charge in [0, 0.05) is 34.8 Å². The molecule has 0 aliphatic carbocycles. The highest BCUT2D eigenvalue weighted by Crippen LogP contribution is 2.37. The largest absolute Gasteiger partial charge is 0.289 e. The van der Waals surface area contributed by atoms with Crippen molar-refractivity contribution >= 4 is 34.5 Å². The summed E-state index contributed by atoms with van der Waals surface area (Å²) in [6, 6.07) is 20.2. The van der Waals surface area contributed by atoms with Crippen molar-refractivity contribution in [2.24, 2.45) is 7.05 Å². The molecule has 3 heterocycles. The van der Waals surface area contributed by atoms with Crippen molar-refractivity contribution in [3.05, 3.63) is 101 Å². The molecule has 0 saturated carbocycles. The van der Waals surface area contributed by atoms with Gasteiger partial charge in [-0.05, 0) is 57.2 Å². The molecule has 0 atom stereocenters. The molecule has 0 aliphatic rings. The van der Waals surface area contributed by atoms with Crippen LogP contribution < -0.4 is 0 Å². The molecule has 7 heteroatoms. The topological polar surface area (TPSA) is 65.6 Å². The van der Waals surface area contributed by atoms with Crippen LogP contribution in [-0.4, -0.2) is 30.3 Å². The molecule has 5 aromatic rings. The average Bonchev–Trinajstić information content (AvgIpc) is 3.31. The molecule has 174 valence electrons. The lowest BCUT2D eigenvalue weighted by Gasteiger charge is -2.10. The highest BCUT2D eigenvalue weighted by atomic mass is 32.2. The Balaban J connectivity index is 1.62. The molecule has 5 rings (SSSR count). The third-order valence-electron chi connectivity index (χ3n) is 6.02. The number of pyridine rings is 1. The van der Waals surface area contributed by atoms with E-state index in [-0.39, 0.29) is 5.78 Å². The van der Waals surface area contributed by atoms with Crippen LogP contribution in [0.4, 0.5) is 0 Å². The zero-order valence-electron chi connectivity index (χ0n) is 20.1. The second-order valence-electron chi connectivity index (χ2n) is 8.35. The number of aromatic nitrogens is 5. The molecule has 35 heavy (non-hydrogen) atoms. The zero-order chi connectivity index (χ0) is 24.5. The van der Waals surface area contributed by atoms with Crippen molar-refractivity contribution in [3.8, 4) is 5.69 Å². The summed E-state index contributed by atoms with van der Waals surface area (Å²) in [5.74, 6) is -0.0669. The monoisotopic (exact) mass is 479 g/mol. The smallest absolute Gasteiger partial charge is 0.189 e. The Morgan fingerprint density at radius 2 is 1.69 bits per heavy atom. The van der Waals surface area contributed by atoms with Gasteiger partial charge in [-0.3, -0.25) is 14.5 Å². The first-order valence-corrected chi connectivity index (χ1v) is 12.1. The first-order chi connectivity index (χ1) is 16.9. The lowest BCUT2D eigenvalue weighted by Crippen LogP contribution is -2.00. The Morgan fingerprint density at radius 3 is 2.43 bits per heavy atom. The average molecular weight is 480 g/mol. The summed E-state index contributed by atoms with van der Waals surface area (Å²) >= 11 is 1.60. The Kier molecular flexibility index (Phi) is 6.09. The van der Waals surface area contributed by atoms with Crippen LogP contribution in [0.3, 0.4) is 0 Å². The van der Waals surface area contributed by atoms with Gasteiger partial charge in [-0.1, -0.05) is 48.2 Å². The van der Waals surface area contributed by atoms with Crippen LogP contribution in [-0.2, 0) is 7.05 Å². The quantitative estimate of drug-likeness (QED) is 0.217. The highest BCUT2D eigenvalue weighted by molar-refractivity contribution is 7.99. The van der Waals surface area contributed by atoms with E-state index in [0.717, 1.165) is 49.2 Å². The molecule has 2 aromatic carbocycles. The fraction of sp³-hybridized carbons (Fsp3) is 0.143. The van der Waals surface area contributed by atoms with Crippen molar-refractivity contribution < 1.29 is 4.79 Å². The molecule has 0 aliphatic heterocycles. The molecule has 0 saturated heterocycles. The third kappa shape index (κ3) is 4.31. The molecule has 0 N–H and O–H groups in total. The highest BCUT2D eigenvalue weighted by Gasteiger charge is 2.19. The van der Waals surface area contributed by atoms with E-state index < -0.39 is 0 Å². The van der Waals surface area contributed by atoms with Crippen LogP contribution in [0.1, 0.15) is 33.0 Å². The molecule has 0 spiro atoms. The van der Waals surface area contributed by atoms with Gasteiger partial charge in [0.2, 0.25) is 0 Å². The Bertz CT molecular complexity index is 1580. The molecule has 0 bridgehead atoms. The Hall–Kier alpha value is -3.97. The van der Waals surface area contributed by atoms with Crippen LogP contribution in [0.2, 0.25) is 0 Å². The molecular weight excluding hydrogens is 454 g/mol. The number of ketones is 1. The molecule has 3 aromatic heterocycles.